The van der Waals surface area contributed by atoms with Crippen LogP contribution in [0.15, 0.2) is 17.0 Å². The van der Waals surface area contributed by atoms with Gasteiger partial charge in [0.1, 0.15) is 4.90 Å². The normalized spacial score (nSPS) is 15.6. The van der Waals surface area contributed by atoms with Gasteiger partial charge in [-0.1, -0.05) is 23.2 Å². The SMILES string of the molecule is CNC(=O)COC(=O)c1cc(S(=O)(=O)N2CCOCC2)c(Cl)cc1Cl. The molecule has 1 amide bonds. The summed E-state index contributed by atoms with van der Waals surface area (Å²) in [6.45, 7) is 0.381. The number of carbonyl (C=O) groups excluding carboxylic acids is 2. The largest absolute Gasteiger partial charge is 0.452 e. The Labute approximate surface area is 155 Å². The van der Waals surface area contributed by atoms with Crippen molar-refractivity contribution in [2.75, 3.05) is 40.0 Å². The van der Waals surface area contributed by atoms with Crippen LogP contribution in [0, 0.1) is 0 Å². The number of hydrogen-bond acceptors (Lipinski definition) is 6. The number of rotatable bonds is 5. The summed E-state index contributed by atoms with van der Waals surface area (Å²) in [6.07, 6.45) is 0. The molecule has 0 bridgehead atoms. The third kappa shape index (κ3) is 4.62. The fourth-order valence-electron chi connectivity index (χ4n) is 2.09. The monoisotopic (exact) mass is 410 g/mol. The van der Waals surface area contributed by atoms with Crippen molar-refractivity contribution >= 4 is 45.1 Å². The second kappa shape index (κ2) is 8.33. The van der Waals surface area contributed by atoms with Gasteiger partial charge in [-0.15, -0.1) is 0 Å². The maximum atomic E-state index is 12.7. The van der Waals surface area contributed by atoms with E-state index in [0.717, 1.165) is 12.1 Å². The molecule has 1 aromatic rings. The van der Waals surface area contributed by atoms with E-state index in [1.807, 2.05) is 0 Å². The zero-order chi connectivity index (χ0) is 18.6. The van der Waals surface area contributed by atoms with E-state index >= 15 is 0 Å². The first-order valence-electron chi connectivity index (χ1n) is 7.22. The molecule has 8 nitrogen and oxygen atoms in total. The summed E-state index contributed by atoms with van der Waals surface area (Å²) in [5, 5.41) is 2.10. The van der Waals surface area contributed by atoms with E-state index in [-0.39, 0.29) is 46.8 Å². The Morgan fingerprint density at radius 3 is 2.48 bits per heavy atom. The van der Waals surface area contributed by atoms with Crippen molar-refractivity contribution in [1.29, 1.82) is 0 Å². The molecular formula is C14H16Cl2N2O6S. The van der Waals surface area contributed by atoms with E-state index in [2.05, 4.69) is 5.32 Å². The van der Waals surface area contributed by atoms with Gasteiger partial charge in [0.2, 0.25) is 10.0 Å². The van der Waals surface area contributed by atoms with E-state index in [1.165, 1.54) is 11.4 Å². The summed E-state index contributed by atoms with van der Waals surface area (Å²) in [7, 11) is -2.54. The molecule has 0 radical (unpaired) electrons. The first kappa shape index (κ1) is 19.9. The minimum atomic E-state index is -3.93. The van der Waals surface area contributed by atoms with Gasteiger partial charge in [0.25, 0.3) is 5.91 Å². The lowest BCUT2D eigenvalue weighted by molar-refractivity contribution is -0.123. The van der Waals surface area contributed by atoms with Crippen LogP contribution in [0.5, 0.6) is 0 Å². The summed E-state index contributed by atoms with van der Waals surface area (Å²) >= 11 is 12.0. The maximum Gasteiger partial charge on any atom is 0.340 e. The number of sulfonamides is 1. The van der Waals surface area contributed by atoms with Gasteiger partial charge in [0, 0.05) is 20.1 Å². The molecule has 0 aliphatic carbocycles. The fourth-order valence-corrected chi connectivity index (χ4v) is 4.32. The Morgan fingerprint density at radius 2 is 1.88 bits per heavy atom. The lowest BCUT2D eigenvalue weighted by Crippen LogP contribution is -2.40. The molecule has 0 spiro atoms. The van der Waals surface area contributed by atoms with Crippen LogP contribution in [-0.2, 0) is 24.3 Å². The van der Waals surface area contributed by atoms with Gasteiger partial charge >= 0.3 is 5.97 Å². The number of nitrogens with zero attached hydrogens (tertiary/aromatic N) is 1. The van der Waals surface area contributed by atoms with E-state index in [4.69, 9.17) is 32.7 Å². The number of esters is 1. The van der Waals surface area contributed by atoms with Crippen LogP contribution in [0.3, 0.4) is 0 Å². The van der Waals surface area contributed by atoms with Crippen molar-refractivity contribution in [2.24, 2.45) is 0 Å². The quantitative estimate of drug-likeness (QED) is 0.723. The second-order valence-corrected chi connectivity index (χ2v) is 7.75. The van der Waals surface area contributed by atoms with Crippen molar-refractivity contribution in [3.05, 3.63) is 27.7 Å². The summed E-state index contributed by atoms with van der Waals surface area (Å²) in [6, 6.07) is 2.22. The number of benzene rings is 1. The fraction of sp³-hybridized carbons (Fsp3) is 0.429. The highest BCUT2D eigenvalue weighted by atomic mass is 35.5. The molecule has 1 heterocycles. The van der Waals surface area contributed by atoms with Gasteiger partial charge in [-0.3, -0.25) is 4.79 Å². The van der Waals surface area contributed by atoms with Crippen LogP contribution in [0.2, 0.25) is 10.0 Å². The molecule has 0 saturated carbocycles. The van der Waals surface area contributed by atoms with Gasteiger partial charge in [-0.2, -0.15) is 4.31 Å². The Morgan fingerprint density at radius 1 is 1.24 bits per heavy atom. The second-order valence-electron chi connectivity index (χ2n) is 5.03. The lowest BCUT2D eigenvalue weighted by atomic mass is 10.2. The van der Waals surface area contributed by atoms with Crippen LogP contribution < -0.4 is 5.32 Å². The predicted molar refractivity (Wildman–Crippen MR) is 90.4 cm³/mol. The first-order valence-corrected chi connectivity index (χ1v) is 9.41. The van der Waals surface area contributed by atoms with Crippen LogP contribution in [0.25, 0.3) is 0 Å². The molecule has 1 fully saturated rings. The Balaban J connectivity index is 2.33. The van der Waals surface area contributed by atoms with Gasteiger partial charge in [0.05, 0.1) is 28.8 Å². The zero-order valence-electron chi connectivity index (χ0n) is 13.3. The third-order valence-corrected chi connectivity index (χ3v) is 6.12. The number of carbonyl (C=O) groups is 2. The average Bonchev–Trinajstić information content (AvgIpc) is 2.59. The minimum absolute atomic E-state index is 0.0761. The topological polar surface area (TPSA) is 102 Å². The van der Waals surface area contributed by atoms with Gasteiger partial charge < -0.3 is 14.8 Å². The number of morpholine rings is 1. The minimum Gasteiger partial charge on any atom is -0.452 e. The highest BCUT2D eigenvalue weighted by Gasteiger charge is 2.30. The number of hydrogen-bond donors (Lipinski definition) is 1. The van der Waals surface area contributed by atoms with Crippen molar-refractivity contribution < 1.29 is 27.5 Å². The van der Waals surface area contributed by atoms with Crippen LogP contribution >= 0.6 is 23.2 Å². The molecule has 2 rings (SSSR count). The zero-order valence-corrected chi connectivity index (χ0v) is 15.6. The highest BCUT2D eigenvalue weighted by Crippen LogP contribution is 2.31. The molecule has 11 heteroatoms. The Hall–Kier alpha value is -1.39. The van der Waals surface area contributed by atoms with E-state index < -0.39 is 28.5 Å². The van der Waals surface area contributed by atoms with Crippen molar-refractivity contribution in [2.45, 2.75) is 4.90 Å². The molecule has 0 aromatic heterocycles. The van der Waals surface area contributed by atoms with E-state index in [9.17, 15) is 18.0 Å². The highest BCUT2D eigenvalue weighted by molar-refractivity contribution is 7.89. The number of halogens is 2. The number of likely N-dealkylation sites (N-methyl/N-ethyl adjacent to an activating group) is 1. The third-order valence-electron chi connectivity index (χ3n) is 3.44. The summed E-state index contributed by atoms with van der Waals surface area (Å²) < 4.78 is 36.6. The number of ether oxygens (including phenoxy) is 2. The smallest absolute Gasteiger partial charge is 0.340 e. The molecule has 1 saturated heterocycles. The molecule has 0 unspecified atom stereocenters. The van der Waals surface area contributed by atoms with Gasteiger partial charge in [-0.25, -0.2) is 13.2 Å². The van der Waals surface area contributed by atoms with Crippen molar-refractivity contribution in [1.82, 2.24) is 9.62 Å². The van der Waals surface area contributed by atoms with E-state index in [0.29, 0.717) is 0 Å². The van der Waals surface area contributed by atoms with Crippen LogP contribution in [0.4, 0.5) is 0 Å². The van der Waals surface area contributed by atoms with Gasteiger partial charge in [0.15, 0.2) is 6.61 Å². The van der Waals surface area contributed by atoms with Crippen molar-refractivity contribution in [3.63, 3.8) is 0 Å². The molecular weight excluding hydrogens is 395 g/mol. The average molecular weight is 411 g/mol. The molecule has 138 valence electrons. The molecule has 1 aliphatic heterocycles. The van der Waals surface area contributed by atoms with Crippen molar-refractivity contribution in [3.8, 4) is 0 Å². The standard InChI is InChI=1S/C14H16Cl2N2O6S/c1-17-13(19)8-24-14(20)9-6-12(11(16)7-10(9)15)25(21,22)18-2-4-23-5-3-18/h6-7H,2-5,8H2,1H3,(H,17,19). The van der Waals surface area contributed by atoms with Crippen LogP contribution in [0.1, 0.15) is 10.4 Å². The first-order chi connectivity index (χ1) is 11.8. The number of nitrogens with one attached hydrogen (secondary N) is 1. The molecule has 25 heavy (non-hydrogen) atoms. The summed E-state index contributed by atoms with van der Waals surface area (Å²) in [5.41, 5.74) is -0.193. The molecule has 1 N–H and O–H groups in total. The van der Waals surface area contributed by atoms with E-state index in [1.54, 1.807) is 0 Å². The predicted octanol–water partition coefficient (Wildman–Crippen LogP) is 0.917. The lowest BCUT2D eigenvalue weighted by Gasteiger charge is -2.26. The van der Waals surface area contributed by atoms with Crippen LogP contribution in [-0.4, -0.2) is 64.6 Å². The Bertz CT molecular complexity index is 778. The summed E-state index contributed by atoms with van der Waals surface area (Å²) in [4.78, 5) is 23.0. The molecule has 1 aromatic carbocycles. The molecule has 0 atom stereocenters. The molecule has 1 aliphatic rings. The maximum absolute atomic E-state index is 12.7. The summed E-state index contributed by atoms with van der Waals surface area (Å²) in [5.74, 6) is -1.44. The Kier molecular flexibility index (Phi) is 6.64. The van der Waals surface area contributed by atoms with Gasteiger partial charge in [-0.05, 0) is 12.1 Å². The number of amides is 1.